The Bertz CT molecular complexity index is 1190. The largest absolute Gasteiger partial charge is 0.508 e. The minimum atomic E-state index is -1.79. The lowest BCUT2D eigenvalue weighted by Crippen LogP contribution is -2.58. The van der Waals surface area contributed by atoms with E-state index in [2.05, 4.69) is 0 Å². The van der Waals surface area contributed by atoms with Crippen LogP contribution in [0.25, 0.3) is 22.3 Å². The molecule has 7 N–H and O–H groups in total. The Morgan fingerprint density at radius 1 is 0.875 bits per heavy atom. The molecule has 2 aromatic carbocycles. The maximum absolute atomic E-state index is 13.1. The van der Waals surface area contributed by atoms with Crippen LogP contribution in [-0.2, 0) is 4.74 Å². The van der Waals surface area contributed by atoms with Crippen LogP contribution in [-0.4, -0.2) is 73.1 Å². The van der Waals surface area contributed by atoms with Crippen LogP contribution in [0.15, 0.2) is 45.6 Å². The average molecular weight is 448 g/mol. The van der Waals surface area contributed by atoms with E-state index in [1.54, 1.807) is 0 Å². The summed E-state index contributed by atoms with van der Waals surface area (Å²) in [5.74, 6) is -1.45. The van der Waals surface area contributed by atoms with Crippen molar-refractivity contribution < 1.29 is 49.6 Å². The first-order chi connectivity index (χ1) is 15.2. The van der Waals surface area contributed by atoms with Gasteiger partial charge in [-0.25, -0.2) is 0 Å². The van der Waals surface area contributed by atoms with E-state index in [-0.39, 0.29) is 28.2 Å². The van der Waals surface area contributed by atoms with Gasteiger partial charge in [-0.2, -0.15) is 0 Å². The first kappa shape index (κ1) is 21.9. The van der Waals surface area contributed by atoms with Gasteiger partial charge in [0.2, 0.25) is 11.2 Å². The molecular formula is C21H20O11. The van der Waals surface area contributed by atoms with Gasteiger partial charge in [0.05, 0.1) is 0 Å². The molecule has 170 valence electrons. The van der Waals surface area contributed by atoms with Crippen LogP contribution in [0.2, 0.25) is 0 Å². The number of ether oxygens (including phenoxy) is 2. The monoisotopic (exact) mass is 448 g/mol. The summed E-state index contributed by atoms with van der Waals surface area (Å²) in [6.07, 6.45) is -8.20. The SMILES string of the molecule is O=c1c(OC[C@H]2O[C@H](O)[C@H](O)[C@@H](O)[C@@H]2O)c(-c2ccc(O)cc2)oc2cc(O)cc(O)c12. The number of aliphatic hydroxyl groups is 4. The molecule has 1 saturated heterocycles. The summed E-state index contributed by atoms with van der Waals surface area (Å²) >= 11 is 0. The van der Waals surface area contributed by atoms with Crippen molar-refractivity contribution in [3.63, 3.8) is 0 Å². The highest BCUT2D eigenvalue weighted by molar-refractivity contribution is 5.88. The zero-order valence-electron chi connectivity index (χ0n) is 16.3. The number of phenols is 3. The Labute approximate surface area is 179 Å². The lowest BCUT2D eigenvalue weighted by molar-refractivity contribution is -0.285. The molecule has 0 unspecified atom stereocenters. The summed E-state index contributed by atoms with van der Waals surface area (Å²) in [5, 5.41) is 68.4. The fourth-order valence-electron chi connectivity index (χ4n) is 3.44. The molecule has 3 aromatic rings. The second-order valence-corrected chi connectivity index (χ2v) is 7.32. The molecule has 0 bridgehead atoms. The molecule has 0 amide bonds. The number of phenolic OH excluding ortho intramolecular Hbond substituents is 3. The summed E-state index contributed by atoms with van der Waals surface area (Å²) in [5.41, 5.74) is -0.635. The second kappa shape index (κ2) is 8.30. The molecule has 1 aromatic heterocycles. The van der Waals surface area contributed by atoms with Gasteiger partial charge in [0.25, 0.3) is 0 Å². The number of fused-ring (bicyclic) bond motifs is 1. The number of benzene rings is 2. The summed E-state index contributed by atoms with van der Waals surface area (Å²) in [7, 11) is 0. The smallest absolute Gasteiger partial charge is 0.239 e. The zero-order chi connectivity index (χ0) is 23.2. The topological polar surface area (TPSA) is 190 Å². The Hall–Kier alpha value is -3.35. The fraction of sp³-hybridized carbons (Fsp3) is 0.286. The molecule has 11 heteroatoms. The van der Waals surface area contributed by atoms with Gasteiger partial charge in [0.1, 0.15) is 59.2 Å². The number of aromatic hydroxyl groups is 3. The van der Waals surface area contributed by atoms with E-state index in [1.165, 1.54) is 24.3 Å². The molecule has 11 nitrogen and oxygen atoms in total. The minimum absolute atomic E-state index is 0.0464. The average Bonchev–Trinajstić information content (AvgIpc) is 2.74. The van der Waals surface area contributed by atoms with Crippen molar-refractivity contribution in [2.24, 2.45) is 0 Å². The van der Waals surface area contributed by atoms with Gasteiger partial charge in [0.15, 0.2) is 12.1 Å². The predicted octanol–water partition coefficient (Wildman–Crippen LogP) is -0.244. The van der Waals surface area contributed by atoms with Gasteiger partial charge in [-0.3, -0.25) is 4.79 Å². The van der Waals surface area contributed by atoms with Gasteiger partial charge in [-0.1, -0.05) is 0 Å². The molecular weight excluding hydrogens is 428 g/mol. The second-order valence-electron chi connectivity index (χ2n) is 7.32. The van der Waals surface area contributed by atoms with Gasteiger partial charge >= 0.3 is 0 Å². The van der Waals surface area contributed by atoms with Crippen LogP contribution >= 0.6 is 0 Å². The molecule has 5 atom stereocenters. The van der Waals surface area contributed by atoms with Gasteiger partial charge in [-0.05, 0) is 24.3 Å². The molecule has 0 aliphatic carbocycles. The number of aliphatic hydroxyl groups excluding tert-OH is 4. The van der Waals surface area contributed by atoms with E-state index in [0.29, 0.717) is 5.56 Å². The molecule has 1 aliphatic rings. The number of hydrogen-bond donors (Lipinski definition) is 7. The van der Waals surface area contributed by atoms with Crippen LogP contribution in [0.4, 0.5) is 0 Å². The van der Waals surface area contributed by atoms with Crippen LogP contribution < -0.4 is 10.2 Å². The van der Waals surface area contributed by atoms with Crippen LogP contribution in [0.1, 0.15) is 0 Å². The molecule has 32 heavy (non-hydrogen) atoms. The van der Waals surface area contributed by atoms with Gasteiger partial charge in [0, 0.05) is 17.7 Å². The minimum Gasteiger partial charge on any atom is -0.508 e. The third-order valence-electron chi connectivity index (χ3n) is 5.13. The number of rotatable bonds is 4. The lowest BCUT2D eigenvalue weighted by atomic mass is 9.99. The van der Waals surface area contributed by atoms with Crippen molar-refractivity contribution in [3.05, 3.63) is 46.6 Å². The first-order valence-corrected chi connectivity index (χ1v) is 9.50. The van der Waals surface area contributed by atoms with Crippen molar-refractivity contribution in [1.82, 2.24) is 0 Å². The van der Waals surface area contributed by atoms with Gasteiger partial charge < -0.3 is 49.6 Å². The van der Waals surface area contributed by atoms with Crippen molar-refractivity contribution in [2.45, 2.75) is 30.7 Å². The maximum atomic E-state index is 13.1. The van der Waals surface area contributed by atoms with Crippen molar-refractivity contribution in [1.29, 1.82) is 0 Å². The molecule has 2 heterocycles. The molecule has 0 spiro atoms. The van der Waals surface area contributed by atoms with E-state index in [9.17, 15) is 40.5 Å². The molecule has 1 aliphatic heterocycles. The summed E-state index contributed by atoms with van der Waals surface area (Å²) < 4.78 is 16.3. The third-order valence-corrected chi connectivity index (χ3v) is 5.13. The molecule has 0 saturated carbocycles. The Balaban J connectivity index is 1.78. The third kappa shape index (κ3) is 3.83. The maximum Gasteiger partial charge on any atom is 0.239 e. The van der Waals surface area contributed by atoms with E-state index in [4.69, 9.17) is 13.9 Å². The van der Waals surface area contributed by atoms with E-state index >= 15 is 0 Å². The van der Waals surface area contributed by atoms with Crippen LogP contribution in [0, 0.1) is 0 Å². The first-order valence-electron chi connectivity index (χ1n) is 9.50. The quantitative estimate of drug-likeness (QED) is 0.279. The van der Waals surface area contributed by atoms with E-state index in [0.717, 1.165) is 12.1 Å². The van der Waals surface area contributed by atoms with Crippen molar-refractivity contribution in [3.8, 4) is 34.3 Å². The highest BCUT2D eigenvalue weighted by Gasteiger charge is 2.43. The van der Waals surface area contributed by atoms with E-state index < -0.39 is 54.2 Å². The summed E-state index contributed by atoms with van der Waals surface area (Å²) in [6, 6.07) is 7.63. The Kier molecular flexibility index (Phi) is 5.67. The predicted molar refractivity (Wildman–Crippen MR) is 107 cm³/mol. The summed E-state index contributed by atoms with van der Waals surface area (Å²) in [4.78, 5) is 13.1. The molecule has 4 rings (SSSR count). The normalized spacial score (nSPS) is 25.7. The van der Waals surface area contributed by atoms with Crippen LogP contribution in [0.3, 0.4) is 0 Å². The zero-order valence-corrected chi connectivity index (χ0v) is 16.3. The Morgan fingerprint density at radius 3 is 2.25 bits per heavy atom. The highest BCUT2D eigenvalue weighted by Crippen LogP contribution is 2.36. The highest BCUT2D eigenvalue weighted by atomic mass is 16.6. The van der Waals surface area contributed by atoms with Crippen molar-refractivity contribution >= 4 is 11.0 Å². The fourth-order valence-corrected chi connectivity index (χ4v) is 3.44. The van der Waals surface area contributed by atoms with Crippen molar-refractivity contribution in [2.75, 3.05) is 6.61 Å². The summed E-state index contributed by atoms with van der Waals surface area (Å²) in [6.45, 7) is -0.539. The standard InChI is InChI=1S/C21H20O11/c22-9-3-1-8(2-4-9)19-20(16(26)14-11(24)5-10(23)6-12(14)31-19)30-7-13-15(25)17(27)18(28)21(29)32-13/h1-6,13,15,17-18,21-25,27-29H,7H2/t13-,15-,17+,18-,21+/m1/s1. The van der Waals surface area contributed by atoms with E-state index in [1.807, 2.05) is 0 Å². The Morgan fingerprint density at radius 2 is 1.56 bits per heavy atom. The van der Waals surface area contributed by atoms with Crippen LogP contribution in [0.5, 0.6) is 23.0 Å². The number of hydrogen-bond acceptors (Lipinski definition) is 11. The molecule has 0 radical (unpaired) electrons. The van der Waals surface area contributed by atoms with Gasteiger partial charge in [-0.15, -0.1) is 0 Å². The molecule has 1 fully saturated rings. The lowest BCUT2D eigenvalue weighted by Gasteiger charge is -2.38.